The van der Waals surface area contributed by atoms with Gasteiger partial charge in [0.15, 0.2) is 5.82 Å². The molecule has 0 radical (unpaired) electrons. The zero-order valence-corrected chi connectivity index (χ0v) is 12.7. The van der Waals surface area contributed by atoms with Crippen molar-refractivity contribution in [2.45, 2.75) is 31.4 Å². The number of benzene rings is 1. The van der Waals surface area contributed by atoms with Crippen molar-refractivity contribution in [3.8, 4) is 0 Å². The molecule has 2 atom stereocenters. The van der Waals surface area contributed by atoms with Crippen molar-refractivity contribution in [2.75, 3.05) is 6.54 Å². The van der Waals surface area contributed by atoms with Gasteiger partial charge in [-0.05, 0) is 30.9 Å². The Balaban J connectivity index is 1.73. The van der Waals surface area contributed by atoms with Crippen LogP contribution in [0.15, 0.2) is 48.8 Å². The highest BCUT2D eigenvalue weighted by atomic mass is 19.1. The standard InChI is InChI=1S/C18H19FN2O2/c19-16-12-20-9-8-15(16)18(23)21-10-4-7-14(21)11-17(22)13-5-2-1-3-6-13/h1-3,5-6,8-9,12,14,17,22H,4,7,10-11H2/t14-,17+/m1/s1. The summed E-state index contributed by atoms with van der Waals surface area (Å²) in [6, 6.07) is 10.7. The van der Waals surface area contributed by atoms with E-state index in [2.05, 4.69) is 4.98 Å². The predicted octanol–water partition coefficient (Wildman–Crippen LogP) is 2.95. The van der Waals surface area contributed by atoms with E-state index in [1.807, 2.05) is 30.3 Å². The first-order valence-corrected chi connectivity index (χ1v) is 7.80. The first-order chi connectivity index (χ1) is 11.2. The summed E-state index contributed by atoms with van der Waals surface area (Å²) < 4.78 is 13.8. The van der Waals surface area contributed by atoms with Crippen molar-refractivity contribution in [2.24, 2.45) is 0 Å². The number of rotatable bonds is 4. The third-order valence-corrected chi connectivity index (χ3v) is 4.32. The second-order valence-electron chi connectivity index (χ2n) is 5.81. The van der Waals surface area contributed by atoms with Crippen LogP contribution in [0.3, 0.4) is 0 Å². The average molecular weight is 314 g/mol. The lowest BCUT2D eigenvalue weighted by molar-refractivity contribution is 0.0662. The van der Waals surface area contributed by atoms with Crippen LogP contribution < -0.4 is 0 Å². The molecule has 0 aliphatic carbocycles. The maximum absolute atomic E-state index is 13.8. The summed E-state index contributed by atoms with van der Waals surface area (Å²) in [6.07, 6.45) is 3.99. The van der Waals surface area contributed by atoms with E-state index < -0.39 is 11.9 Å². The number of amides is 1. The summed E-state index contributed by atoms with van der Waals surface area (Å²) in [5.41, 5.74) is 0.878. The van der Waals surface area contributed by atoms with E-state index in [9.17, 15) is 14.3 Å². The minimum Gasteiger partial charge on any atom is -0.388 e. The summed E-state index contributed by atoms with van der Waals surface area (Å²) in [7, 11) is 0. The molecule has 23 heavy (non-hydrogen) atoms. The number of likely N-dealkylation sites (tertiary alicyclic amines) is 1. The molecule has 2 heterocycles. The Kier molecular flexibility index (Phi) is 4.67. The van der Waals surface area contributed by atoms with Gasteiger partial charge < -0.3 is 10.0 Å². The molecule has 0 saturated carbocycles. The maximum atomic E-state index is 13.8. The van der Waals surface area contributed by atoms with Crippen LogP contribution in [0, 0.1) is 5.82 Å². The number of aliphatic hydroxyl groups excluding tert-OH is 1. The molecule has 1 aromatic carbocycles. The second-order valence-corrected chi connectivity index (χ2v) is 5.81. The van der Waals surface area contributed by atoms with Gasteiger partial charge in [-0.25, -0.2) is 4.39 Å². The van der Waals surface area contributed by atoms with Gasteiger partial charge in [0.05, 0.1) is 17.9 Å². The highest BCUT2D eigenvalue weighted by Gasteiger charge is 2.32. The molecule has 5 heteroatoms. The van der Waals surface area contributed by atoms with Crippen molar-refractivity contribution in [3.05, 3.63) is 65.7 Å². The Hall–Kier alpha value is -2.27. The molecule has 1 aliphatic rings. The van der Waals surface area contributed by atoms with Gasteiger partial charge in [0, 0.05) is 18.8 Å². The normalized spacial score (nSPS) is 18.9. The lowest BCUT2D eigenvalue weighted by Crippen LogP contribution is -2.37. The number of hydrogen-bond acceptors (Lipinski definition) is 3. The molecule has 4 nitrogen and oxygen atoms in total. The molecule has 0 bridgehead atoms. The van der Waals surface area contributed by atoms with Crippen LogP contribution in [0.5, 0.6) is 0 Å². The van der Waals surface area contributed by atoms with Gasteiger partial charge in [0.2, 0.25) is 0 Å². The van der Waals surface area contributed by atoms with E-state index in [-0.39, 0.29) is 17.5 Å². The number of carbonyl (C=O) groups excluding carboxylic acids is 1. The molecular formula is C18H19FN2O2. The lowest BCUT2D eigenvalue weighted by Gasteiger charge is -2.27. The molecule has 1 aromatic heterocycles. The molecule has 1 saturated heterocycles. The number of aromatic nitrogens is 1. The molecule has 0 unspecified atom stereocenters. The second kappa shape index (κ2) is 6.87. The summed E-state index contributed by atoms with van der Waals surface area (Å²) in [5.74, 6) is -0.931. The first kappa shape index (κ1) is 15.6. The summed E-state index contributed by atoms with van der Waals surface area (Å²) >= 11 is 0. The highest BCUT2D eigenvalue weighted by Crippen LogP contribution is 2.28. The third-order valence-electron chi connectivity index (χ3n) is 4.32. The molecular weight excluding hydrogens is 295 g/mol. The Bertz CT molecular complexity index is 678. The Labute approximate surface area is 134 Å². The van der Waals surface area contributed by atoms with Gasteiger partial charge in [0.25, 0.3) is 5.91 Å². The largest absolute Gasteiger partial charge is 0.388 e. The number of aliphatic hydroxyl groups is 1. The van der Waals surface area contributed by atoms with Crippen molar-refractivity contribution >= 4 is 5.91 Å². The first-order valence-electron chi connectivity index (χ1n) is 7.80. The summed E-state index contributed by atoms with van der Waals surface area (Å²) in [4.78, 5) is 17.9. The van der Waals surface area contributed by atoms with Crippen LogP contribution in [-0.4, -0.2) is 33.5 Å². The SMILES string of the molecule is O=C(c1ccncc1F)N1CCC[C@@H]1C[C@H](O)c1ccccc1. The summed E-state index contributed by atoms with van der Waals surface area (Å²) in [6.45, 7) is 0.590. The molecule has 2 aromatic rings. The van der Waals surface area contributed by atoms with E-state index in [0.717, 1.165) is 24.6 Å². The van der Waals surface area contributed by atoms with Gasteiger partial charge in [-0.1, -0.05) is 30.3 Å². The van der Waals surface area contributed by atoms with Crippen LogP contribution in [0.1, 0.15) is 41.3 Å². The molecule has 0 spiro atoms. The fourth-order valence-corrected chi connectivity index (χ4v) is 3.12. The Morgan fingerprint density at radius 1 is 1.35 bits per heavy atom. The molecule has 1 aliphatic heterocycles. The van der Waals surface area contributed by atoms with Crippen LogP contribution >= 0.6 is 0 Å². The van der Waals surface area contributed by atoms with Gasteiger partial charge >= 0.3 is 0 Å². The van der Waals surface area contributed by atoms with Crippen LogP contribution in [0.4, 0.5) is 4.39 Å². The van der Waals surface area contributed by atoms with E-state index in [0.29, 0.717) is 13.0 Å². The predicted molar refractivity (Wildman–Crippen MR) is 84.3 cm³/mol. The maximum Gasteiger partial charge on any atom is 0.257 e. The number of nitrogens with zero attached hydrogens (tertiary/aromatic N) is 2. The smallest absolute Gasteiger partial charge is 0.257 e. The van der Waals surface area contributed by atoms with Crippen molar-refractivity contribution in [3.63, 3.8) is 0 Å². The minimum atomic E-state index is -0.628. The van der Waals surface area contributed by atoms with E-state index in [1.54, 1.807) is 4.90 Å². The molecule has 120 valence electrons. The molecule has 1 N–H and O–H groups in total. The van der Waals surface area contributed by atoms with Gasteiger partial charge in [-0.2, -0.15) is 0 Å². The lowest BCUT2D eigenvalue weighted by atomic mass is 10.0. The quantitative estimate of drug-likeness (QED) is 0.944. The molecule has 3 rings (SSSR count). The van der Waals surface area contributed by atoms with E-state index in [4.69, 9.17) is 0 Å². The van der Waals surface area contributed by atoms with Crippen molar-refractivity contribution in [1.29, 1.82) is 0 Å². The number of carbonyl (C=O) groups is 1. The third kappa shape index (κ3) is 3.40. The zero-order valence-electron chi connectivity index (χ0n) is 12.7. The Morgan fingerprint density at radius 3 is 2.87 bits per heavy atom. The number of pyridine rings is 1. The zero-order chi connectivity index (χ0) is 16.2. The van der Waals surface area contributed by atoms with E-state index in [1.165, 1.54) is 12.3 Å². The van der Waals surface area contributed by atoms with Gasteiger partial charge in [0.1, 0.15) is 0 Å². The monoisotopic (exact) mass is 314 g/mol. The van der Waals surface area contributed by atoms with E-state index >= 15 is 0 Å². The minimum absolute atomic E-state index is 0.0427. The Morgan fingerprint density at radius 2 is 2.13 bits per heavy atom. The van der Waals surface area contributed by atoms with Crippen LogP contribution in [-0.2, 0) is 0 Å². The molecule has 1 fully saturated rings. The molecule has 1 amide bonds. The number of hydrogen-bond donors (Lipinski definition) is 1. The van der Waals surface area contributed by atoms with Crippen molar-refractivity contribution < 1.29 is 14.3 Å². The average Bonchev–Trinajstić information content (AvgIpc) is 3.03. The fourth-order valence-electron chi connectivity index (χ4n) is 3.12. The fraction of sp³-hybridized carbons (Fsp3) is 0.333. The summed E-state index contributed by atoms with van der Waals surface area (Å²) in [5, 5.41) is 10.4. The van der Waals surface area contributed by atoms with Crippen LogP contribution in [0.25, 0.3) is 0 Å². The van der Waals surface area contributed by atoms with Crippen molar-refractivity contribution in [1.82, 2.24) is 9.88 Å². The topological polar surface area (TPSA) is 53.4 Å². The van der Waals surface area contributed by atoms with Crippen LogP contribution in [0.2, 0.25) is 0 Å². The number of halogens is 1. The highest BCUT2D eigenvalue weighted by molar-refractivity contribution is 5.94. The van der Waals surface area contributed by atoms with Gasteiger partial charge in [-0.15, -0.1) is 0 Å². The van der Waals surface area contributed by atoms with Gasteiger partial charge in [-0.3, -0.25) is 9.78 Å².